The van der Waals surface area contributed by atoms with E-state index in [1.807, 2.05) is 32.2 Å². The SMILES string of the molecule is CC(C)CN(CC(O)C(Cc1ccc(OCC2=[N+]=CCC=C2)cc1)NC(=O)OC(C)(C)C)S(=O)(=O)c1cccc([N+](=O)[O-])c1. The molecule has 2 atom stereocenters. The van der Waals surface area contributed by atoms with Crippen LogP contribution < -0.4 is 14.7 Å². The van der Waals surface area contributed by atoms with E-state index in [0.717, 1.165) is 28.1 Å². The van der Waals surface area contributed by atoms with Crippen LogP contribution in [0.3, 0.4) is 0 Å². The van der Waals surface area contributed by atoms with E-state index in [0.29, 0.717) is 12.4 Å². The van der Waals surface area contributed by atoms with Crippen LogP contribution in [0.5, 0.6) is 5.75 Å². The Morgan fingerprint density at radius 2 is 1.86 bits per heavy atom. The lowest BCUT2D eigenvalue weighted by molar-refractivity contribution is -0.385. The molecule has 1 aliphatic rings. The highest BCUT2D eigenvalue weighted by molar-refractivity contribution is 7.89. The summed E-state index contributed by atoms with van der Waals surface area (Å²) in [5.74, 6) is 0.479. The Morgan fingerprint density at radius 1 is 1.16 bits per heavy atom. The molecule has 0 aliphatic carbocycles. The summed E-state index contributed by atoms with van der Waals surface area (Å²) >= 11 is 0. The van der Waals surface area contributed by atoms with Crippen molar-refractivity contribution in [3.63, 3.8) is 0 Å². The highest BCUT2D eigenvalue weighted by atomic mass is 32.2. The molecule has 0 saturated carbocycles. The van der Waals surface area contributed by atoms with Crippen LogP contribution >= 0.6 is 0 Å². The number of amides is 1. The molecule has 1 amide bonds. The molecule has 1 heterocycles. The van der Waals surface area contributed by atoms with E-state index in [1.165, 1.54) is 18.2 Å². The lowest BCUT2D eigenvalue weighted by atomic mass is 10.0. The van der Waals surface area contributed by atoms with Crippen molar-refractivity contribution < 1.29 is 32.7 Å². The first-order valence-corrected chi connectivity index (χ1v) is 15.8. The fourth-order valence-corrected chi connectivity index (χ4v) is 6.02. The molecule has 3 rings (SSSR count). The van der Waals surface area contributed by atoms with E-state index >= 15 is 0 Å². The van der Waals surface area contributed by atoms with Crippen molar-refractivity contribution in [3.05, 3.63) is 76.4 Å². The van der Waals surface area contributed by atoms with Gasteiger partial charge in [0.1, 0.15) is 11.4 Å². The number of benzene rings is 2. The number of hydrogen-bond donors (Lipinski definition) is 2. The Morgan fingerprint density at radius 3 is 2.45 bits per heavy atom. The van der Waals surface area contributed by atoms with E-state index in [-0.39, 0.29) is 36.0 Å². The first-order chi connectivity index (χ1) is 20.6. The van der Waals surface area contributed by atoms with Crippen LogP contribution in [-0.2, 0) is 21.2 Å². The van der Waals surface area contributed by atoms with Crippen molar-refractivity contribution >= 4 is 33.7 Å². The number of aliphatic hydroxyl groups is 1. The minimum absolute atomic E-state index is 0.0333. The van der Waals surface area contributed by atoms with E-state index < -0.39 is 38.8 Å². The molecule has 0 aromatic heterocycles. The van der Waals surface area contributed by atoms with Gasteiger partial charge in [0, 0.05) is 31.3 Å². The lowest BCUT2D eigenvalue weighted by Gasteiger charge is -2.31. The Kier molecular flexibility index (Phi) is 11.8. The van der Waals surface area contributed by atoms with Gasteiger partial charge in [-0.05, 0) is 56.9 Å². The molecule has 0 saturated heterocycles. The third-order valence-corrected chi connectivity index (χ3v) is 8.19. The largest absolute Gasteiger partial charge is 0.481 e. The van der Waals surface area contributed by atoms with E-state index in [1.54, 1.807) is 45.0 Å². The molecule has 2 unspecified atom stereocenters. The fourth-order valence-electron chi connectivity index (χ4n) is 4.36. The van der Waals surface area contributed by atoms with Gasteiger partial charge in [0.25, 0.3) is 11.9 Å². The van der Waals surface area contributed by atoms with Gasteiger partial charge in [0.05, 0.1) is 28.4 Å². The van der Waals surface area contributed by atoms with Gasteiger partial charge in [-0.3, -0.25) is 10.1 Å². The summed E-state index contributed by atoms with van der Waals surface area (Å²) in [5, 5.41) is 25.4. The first kappa shape index (κ1) is 34.5. The average Bonchev–Trinajstić information content (AvgIpc) is 2.95. The molecular formula is C31H41N4O8S+. The van der Waals surface area contributed by atoms with Crippen molar-refractivity contribution in [1.29, 1.82) is 0 Å². The van der Waals surface area contributed by atoms with Gasteiger partial charge >= 0.3 is 11.8 Å². The molecule has 2 aromatic rings. The number of nitro groups is 1. The zero-order chi connectivity index (χ0) is 32.5. The van der Waals surface area contributed by atoms with Crippen LogP contribution in [-0.4, -0.2) is 78.2 Å². The number of nitro benzene ring substituents is 1. The maximum atomic E-state index is 13.6. The number of rotatable bonds is 14. The van der Waals surface area contributed by atoms with Gasteiger partial charge in [0.15, 0.2) is 6.61 Å². The van der Waals surface area contributed by atoms with Crippen molar-refractivity contribution in [2.24, 2.45) is 5.92 Å². The van der Waals surface area contributed by atoms with Crippen molar-refractivity contribution in [1.82, 2.24) is 14.3 Å². The molecule has 44 heavy (non-hydrogen) atoms. The number of ether oxygens (including phenoxy) is 2. The van der Waals surface area contributed by atoms with Crippen molar-refractivity contribution in [3.8, 4) is 5.75 Å². The lowest BCUT2D eigenvalue weighted by Crippen LogP contribution is -2.51. The number of nitrogens with one attached hydrogen (secondary N) is 1. The van der Waals surface area contributed by atoms with E-state index in [2.05, 4.69) is 9.98 Å². The smallest absolute Gasteiger partial charge is 0.407 e. The van der Waals surface area contributed by atoms with Gasteiger partial charge in [-0.15, -0.1) is 0 Å². The van der Waals surface area contributed by atoms with Gasteiger partial charge in [-0.2, -0.15) is 4.31 Å². The zero-order valence-corrected chi connectivity index (χ0v) is 26.5. The van der Waals surface area contributed by atoms with Gasteiger partial charge in [-0.1, -0.05) is 42.8 Å². The molecule has 0 radical (unpaired) electrons. The quantitative estimate of drug-likeness (QED) is 0.182. The summed E-state index contributed by atoms with van der Waals surface area (Å²) in [4.78, 5) is 23.1. The maximum absolute atomic E-state index is 13.6. The minimum Gasteiger partial charge on any atom is -0.481 e. The predicted octanol–water partition coefficient (Wildman–Crippen LogP) is 3.66. The second kappa shape index (κ2) is 15.1. The molecular weight excluding hydrogens is 588 g/mol. The third kappa shape index (κ3) is 10.6. The second-order valence-corrected chi connectivity index (χ2v) is 13.8. The van der Waals surface area contributed by atoms with Crippen LogP contribution in [0.2, 0.25) is 0 Å². The predicted molar refractivity (Wildman–Crippen MR) is 168 cm³/mol. The number of non-ortho nitro benzene ring substituents is 1. The summed E-state index contributed by atoms with van der Waals surface area (Å²) in [7, 11) is -4.24. The molecule has 238 valence electrons. The molecule has 2 N–H and O–H groups in total. The third-order valence-electron chi connectivity index (χ3n) is 6.37. The van der Waals surface area contributed by atoms with Crippen LogP contribution in [0.4, 0.5) is 10.5 Å². The number of hydrogen-bond acceptors (Lipinski definition) is 8. The molecule has 12 nitrogen and oxygen atoms in total. The number of carbonyl (C=O) groups is 1. The van der Waals surface area contributed by atoms with Crippen LogP contribution in [0.1, 0.15) is 46.6 Å². The van der Waals surface area contributed by atoms with Crippen LogP contribution in [0, 0.1) is 16.0 Å². The molecule has 0 fully saturated rings. The summed E-state index contributed by atoms with van der Waals surface area (Å²) < 4.78 is 43.9. The number of allylic oxidation sites excluding steroid dienone is 1. The van der Waals surface area contributed by atoms with Gasteiger partial charge in [0.2, 0.25) is 10.0 Å². The number of sulfonamides is 1. The monoisotopic (exact) mass is 629 g/mol. The fraction of sp³-hybridized carbons (Fsp3) is 0.452. The zero-order valence-electron chi connectivity index (χ0n) is 25.7. The molecule has 0 spiro atoms. The normalized spacial score (nSPS) is 14.7. The highest BCUT2D eigenvalue weighted by Gasteiger charge is 2.33. The average molecular weight is 630 g/mol. The Bertz CT molecular complexity index is 1510. The summed E-state index contributed by atoms with van der Waals surface area (Å²) in [5.41, 5.74) is 0.381. The summed E-state index contributed by atoms with van der Waals surface area (Å²) in [6.45, 7) is 8.72. The Labute approximate surface area is 258 Å². The van der Waals surface area contributed by atoms with Crippen LogP contribution in [0.25, 0.3) is 0 Å². The summed E-state index contributed by atoms with van der Waals surface area (Å²) in [6, 6.07) is 10.9. The Hall–Kier alpha value is -4.03. The van der Waals surface area contributed by atoms with Gasteiger partial charge < -0.3 is 19.9 Å². The number of carbonyl (C=O) groups excluding carboxylic acids is 1. The topological polar surface area (TPSA) is 162 Å². The van der Waals surface area contributed by atoms with Crippen molar-refractivity contribution in [2.45, 2.75) is 70.1 Å². The standard InChI is InChI=1S/C31H40N4O8S/c1-22(2)19-34(44(40,41)27-11-8-10-25(18-27)35(38)39)20-29(36)28(33-30(37)43-31(3,4)5)17-23-12-14-26(15-13-23)42-21-24-9-6-7-16-32-24/h6,8-16,18,22,28-29,36H,7,17,19-21H2,1-5H3/p+1. The molecule has 1 aliphatic heterocycles. The van der Waals surface area contributed by atoms with E-state index in [4.69, 9.17) is 9.47 Å². The maximum Gasteiger partial charge on any atom is 0.407 e. The van der Waals surface area contributed by atoms with E-state index in [9.17, 15) is 28.4 Å². The van der Waals surface area contributed by atoms with Crippen LogP contribution in [0.15, 0.2) is 65.6 Å². The molecule has 13 heteroatoms. The van der Waals surface area contributed by atoms with Gasteiger partial charge in [-0.25, -0.2) is 13.2 Å². The number of aliphatic hydroxyl groups excluding tert-OH is 1. The van der Waals surface area contributed by atoms with Crippen molar-refractivity contribution in [2.75, 3.05) is 19.7 Å². The number of alkyl carbamates (subject to hydrolysis) is 1. The Balaban J connectivity index is 1.83. The minimum atomic E-state index is -4.24. The molecule has 0 bridgehead atoms. The molecule has 2 aromatic carbocycles. The first-order valence-electron chi connectivity index (χ1n) is 14.3. The second-order valence-electron chi connectivity index (χ2n) is 11.9. The summed E-state index contributed by atoms with van der Waals surface area (Å²) in [6.07, 6.45) is 4.52. The highest BCUT2D eigenvalue weighted by Crippen LogP contribution is 2.23. The number of nitrogens with zero attached hydrogens (tertiary/aromatic N) is 3.